The Morgan fingerprint density at radius 1 is 1.21 bits per heavy atom. The molecule has 1 aliphatic rings. The van der Waals surface area contributed by atoms with Crippen LogP contribution in [0.25, 0.3) is 10.9 Å². The number of aliphatic carboxylic acids is 1. The third-order valence-electron chi connectivity index (χ3n) is 3.63. The fourth-order valence-corrected chi connectivity index (χ4v) is 2.35. The monoisotopic (exact) mass is 331 g/mol. The van der Waals surface area contributed by atoms with Crippen LogP contribution < -0.4 is 11.5 Å². The molecule has 1 fully saturated rings. The molecule has 3 rings (SSSR count). The molecule has 0 aliphatic heterocycles. The number of rotatable bonds is 2. The van der Waals surface area contributed by atoms with Crippen molar-refractivity contribution < 1.29 is 14.7 Å². The van der Waals surface area contributed by atoms with Gasteiger partial charge in [-0.15, -0.1) is 0 Å². The maximum atomic E-state index is 10.6. The van der Waals surface area contributed by atoms with Crippen LogP contribution in [-0.2, 0) is 4.79 Å². The smallest absolute Gasteiger partial charge is 0.317 e. The highest BCUT2D eigenvalue weighted by Gasteiger charge is 2.06. The summed E-state index contributed by atoms with van der Waals surface area (Å²) >= 11 is 0. The van der Waals surface area contributed by atoms with Gasteiger partial charge in [0.2, 0.25) is 0 Å². The Labute approximate surface area is 141 Å². The number of pyridine rings is 1. The van der Waals surface area contributed by atoms with Crippen molar-refractivity contribution in [3.63, 3.8) is 0 Å². The highest BCUT2D eigenvalue weighted by Crippen LogP contribution is 2.15. The predicted molar refractivity (Wildman–Crippen MR) is 94.9 cm³/mol. The van der Waals surface area contributed by atoms with Crippen LogP contribution in [0.5, 0.6) is 0 Å². The summed E-state index contributed by atoms with van der Waals surface area (Å²) in [5, 5.41) is 8.51. The van der Waals surface area contributed by atoms with Gasteiger partial charge in [-0.25, -0.2) is 0 Å². The first-order valence-corrected chi connectivity index (χ1v) is 8.04. The normalized spacial score (nSPS) is 13.9. The van der Waals surface area contributed by atoms with Crippen LogP contribution in [0.3, 0.4) is 0 Å². The standard InChI is InChI=1S/C10H7NO.C6H13N.C2H5NO2/c12-7-8-5-6-11-10-4-2-1-3-9(8)10;7-6-4-2-1-3-5-6;3-1-2(4)5/h1-7H;6H,1-5,7H2;1,3H2,(H,4,5). The van der Waals surface area contributed by atoms with E-state index in [0.717, 1.165) is 17.2 Å². The van der Waals surface area contributed by atoms with E-state index in [1.165, 1.54) is 32.1 Å². The second-order valence-corrected chi connectivity index (χ2v) is 5.53. The molecule has 1 heterocycles. The minimum atomic E-state index is -0.968. The van der Waals surface area contributed by atoms with E-state index in [0.29, 0.717) is 11.6 Å². The number of nitrogens with zero attached hydrogens (tertiary/aromatic N) is 1. The number of para-hydroxylation sites is 1. The van der Waals surface area contributed by atoms with Gasteiger partial charge in [0.15, 0.2) is 6.29 Å². The van der Waals surface area contributed by atoms with Gasteiger partial charge in [0, 0.05) is 23.2 Å². The lowest BCUT2D eigenvalue weighted by Gasteiger charge is -2.15. The maximum Gasteiger partial charge on any atom is 0.317 e. The van der Waals surface area contributed by atoms with Gasteiger partial charge in [-0.3, -0.25) is 14.6 Å². The van der Waals surface area contributed by atoms with Crippen molar-refractivity contribution >= 4 is 23.2 Å². The number of fused-ring (bicyclic) bond motifs is 1. The zero-order valence-electron chi connectivity index (χ0n) is 13.7. The summed E-state index contributed by atoms with van der Waals surface area (Å²) in [4.78, 5) is 24.0. The lowest BCUT2D eigenvalue weighted by molar-refractivity contribution is -0.135. The summed E-state index contributed by atoms with van der Waals surface area (Å²) in [6.45, 7) is -0.278. The summed E-state index contributed by atoms with van der Waals surface area (Å²) < 4.78 is 0. The third-order valence-corrected chi connectivity index (χ3v) is 3.63. The van der Waals surface area contributed by atoms with Gasteiger partial charge >= 0.3 is 5.97 Å². The Morgan fingerprint density at radius 2 is 1.83 bits per heavy atom. The minimum absolute atomic E-state index is 0.278. The van der Waals surface area contributed by atoms with Crippen LogP contribution in [0.2, 0.25) is 0 Å². The predicted octanol–water partition coefficient (Wildman–Crippen LogP) is 2.35. The van der Waals surface area contributed by atoms with Crippen LogP contribution in [0.4, 0.5) is 0 Å². The molecule has 1 aromatic heterocycles. The quantitative estimate of drug-likeness (QED) is 0.727. The molecule has 24 heavy (non-hydrogen) atoms. The van der Waals surface area contributed by atoms with Crippen LogP contribution in [0, 0.1) is 0 Å². The van der Waals surface area contributed by atoms with E-state index in [2.05, 4.69) is 10.7 Å². The third kappa shape index (κ3) is 7.30. The molecule has 0 unspecified atom stereocenters. The SMILES string of the molecule is NC1CCCCC1.NCC(=O)O.O=Cc1ccnc2ccccc12. The molecule has 6 heteroatoms. The Balaban J connectivity index is 0.000000205. The summed E-state index contributed by atoms with van der Waals surface area (Å²) in [5.41, 5.74) is 11.8. The van der Waals surface area contributed by atoms with Gasteiger partial charge in [-0.2, -0.15) is 0 Å². The van der Waals surface area contributed by atoms with E-state index in [1.807, 2.05) is 24.3 Å². The number of carbonyl (C=O) groups is 2. The van der Waals surface area contributed by atoms with Crippen LogP contribution in [-0.4, -0.2) is 34.9 Å². The first-order valence-electron chi connectivity index (χ1n) is 8.04. The van der Waals surface area contributed by atoms with Crippen molar-refractivity contribution in [1.29, 1.82) is 0 Å². The molecule has 6 nitrogen and oxygen atoms in total. The Hall–Kier alpha value is -2.31. The molecule has 0 bridgehead atoms. The van der Waals surface area contributed by atoms with Crippen molar-refractivity contribution in [3.05, 3.63) is 42.1 Å². The first-order chi connectivity index (χ1) is 11.6. The number of aromatic nitrogens is 1. The zero-order chi connectivity index (χ0) is 17.8. The lowest BCUT2D eigenvalue weighted by atomic mass is 9.97. The van der Waals surface area contributed by atoms with Gasteiger partial charge < -0.3 is 16.6 Å². The van der Waals surface area contributed by atoms with Crippen LogP contribution in [0.1, 0.15) is 42.5 Å². The van der Waals surface area contributed by atoms with E-state index in [4.69, 9.17) is 10.8 Å². The maximum absolute atomic E-state index is 10.6. The molecule has 0 atom stereocenters. The molecule has 0 radical (unpaired) electrons. The van der Waals surface area contributed by atoms with Gasteiger partial charge in [-0.1, -0.05) is 37.5 Å². The van der Waals surface area contributed by atoms with Crippen molar-refractivity contribution in [3.8, 4) is 0 Å². The van der Waals surface area contributed by atoms with E-state index >= 15 is 0 Å². The summed E-state index contributed by atoms with van der Waals surface area (Å²) in [5.74, 6) is -0.968. The molecule has 2 aromatic rings. The van der Waals surface area contributed by atoms with Gasteiger partial charge in [0.1, 0.15) is 0 Å². The van der Waals surface area contributed by atoms with Gasteiger partial charge in [-0.05, 0) is 25.0 Å². The van der Waals surface area contributed by atoms with E-state index in [9.17, 15) is 9.59 Å². The zero-order valence-corrected chi connectivity index (χ0v) is 13.7. The number of hydrogen-bond acceptors (Lipinski definition) is 5. The van der Waals surface area contributed by atoms with Gasteiger partial charge in [0.05, 0.1) is 12.1 Å². The van der Waals surface area contributed by atoms with Crippen LogP contribution >= 0.6 is 0 Å². The molecule has 130 valence electrons. The lowest BCUT2D eigenvalue weighted by Crippen LogP contribution is -2.22. The number of hydrogen-bond donors (Lipinski definition) is 3. The number of carbonyl (C=O) groups excluding carboxylic acids is 1. The summed E-state index contributed by atoms with van der Waals surface area (Å²) in [6, 6.07) is 9.85. The van der Waals surface area contributed by atoms with Crippen molar-refractivity contribution in [2.24, 2.45) is 11.5 Å². The molecule has 1 saturated carbocycles. The number of benzene rings is 1. The summed E-state index contributed by atoms with van der Waals surface area (Å²) in [6.07, 6.45) is 9.16. The minimum Gasteiger partial charge on any atom is -0.480 e. The average molecular weight is 331 g/mol. The fourth-order valence-electron chi connectivity index (χ4n) is 2.35. The topological polar surface area (TPSA) is 119 Å². The second kappa shape index (κ2) is 11.3. The molecule has 5 N–H and O–H groups in total. The summed E-state index contributed by atoms with van der Waals surface area (Å²) in [7, 11) is 0. The number of carboxylic acid groups (broad SMARTS) is 1. The van der Waals surface area contributed by atoms with Crippen molar-refractivity contribution in [1.82, 2.24) is 4.98 Å². The highest BCUT2D eigenvalue weighted by atomic mass is 16.4. The van der Waals surface area contributed by atoms with E-state index < -0.39 is 5.97 Å². The second-order valence-electron chi connectivity index (χ2n) is 5.53. The van der Waals surface area contributed by atoms with E-state index in [1.54, 1.807) is 12.3 Å². The Kier molecular flexibility index (Phi) is 9.26. The number of carboxylic acids is 1. The fraction of sp³-hybridized carbons (Fsp3) is 0.389. The first kappa shape index (κ1) is 19.7. The molecular weight excluding hydrogens is 306 g/mol. The molecule has 0 spiro atoms. The molecule has 0 amide bonds. The van der Waals surface area contributed by atoms with Crippen LogP contribution in [0.15, 0.2) is 36.5 Å². The average Bonchev–Trinajstić information content (AvgIpc) is 2.63. The largest absolute Gasteiger partial charge is 0.480 e. The van der Waals surface area contributed by atoms with Gasteiger partial charge in [0.25, 0.3) is 0 Å². The molecule has 0 saturated heterocycles. The van der Waals surface area contributed by atoms with Crippen molar-refractivity contribution in [2.45, 2.75) is 38.1 Å². The number of aldehydes is 1. The molecule has 1 aliphatic carbocycles. The Bertz CT molecular complexity index is 635. The number of nitrogens with two attached hydrogens (primary N) is 2. The molecule has 1 aromatic carbocycles. The van der Waals surface area contributed by atoms with E-state index in [-0.39, 0.29) is 6.54 Å². The molecular formula is C18H25N3O3. The Morgan fingerprint density at radius 3 is 2.33 bits per heavy atom. The highest BCUT2D eigenvalue weighted by molar-refractivity contribution is 5.95. The van der Waals surface area contributed by atoms with Crippen molar-refractivity contribution in [2.75, 3.05) is 6.54 Å².